The number of carbonyl (C=O) groups is 1. The lowest BCUT2D eigenvalue weighted by Gasteiger charge is -2.10. The van der Waals surface area contributed by atoms with Crippen LogP contribution < -0.4 is 5.01 Å². The molecule has 1 aromatic heterocycles. The summed E-state index contributed by atoms with van der Waals surface area (Å²) in [6.45, 7) is 1.81. The van der Waals surface area contributed by atoms with E-state index in [0.717, 1.165) is 11.4 Å². The highest BCUT2D eigenvalue weighted by molar-refractivity contribution is 8.02. The fourth-order valence-electron chi connectivity index (χ4n) is 2.49. The van der Waals surface area contributed by atoms with Gasteiger partial charge in [0.25, 0.3) is 5.91 Å². The maximum absolute atomic E-state index is 12.7. The Labute approximate surface area is 154 Å². The summed E-state index contributed by atoms with van der Waals surface area (Å²) >= 11 is 1.29. The molecule has 2 aromatic carbocycles. The largest absolute Gasteiger partial charge is 0.281 e. The van der Waals surface area contributed by atoms with Crippen LogP contribution in [-0.2, 0) is 4.79 Å². The molecule has 1 amide bonds. The molecule has 0 aliphatic carbocycles. The maximum Gasteiger partial charge on any atom is 0.281 e. The van der Waals surface area contributed by atoms with Crippen LogP contribution in [0.5, 0.6) is 0 Å². The van der Waals surface area contributed by atoms with Crippen molar-refractivity contribution >= 4 is 29.1 Å². The van der Waals surface area contributed by atoms with E-state index in [1.807, 2.05) is 67.6 Å². The zero-order valence-corrected chi connectivity index (χ0v) is 14.7. The zero-order valence-electron chi connectivity index (χ0n) is 13.9. The Hall–Kier alpha value is -3.26. The maximum atomic E-state index is 12.7. The van der Waals surface area contributed by atoms with Gasteiger partial charge in [-0.05, 0) is 47.0 Å². The second kappa shape index (κ2) is 6.93. The van der Waals surface area contributed by atoms with Crippen molar-refractivity contribution in [1.29, 1.82) is 0 Å². The molecule has 3 aromatic rings. The third-order valence-electron chi connectivity index (χ3n) is 3.79. The fraction of sp³-hybridized carbons (Fsp3) is 0.0556. The topological polar surface area (TPSA) is 76.3 Å². The Bertz CT molecular complexity index is 997. The van der Waals surface area contributed by atoms with Gasteiger partial charge in [-0.15, -0.1) is 5.10 Å². The zero-order chi connectivity index (χ0) is 17.9. The van der Waals surface area contributed by atoms with Crippen LogP contribution in [0.3, 0.4) is 0 Å². The van der Waals surface area contributed by atoms with Crippen LogP contribution in [-0.4, -0.2) is 31.8 Å². The normalized spacial score (nSPS) is 15.6. The monoisotopic (exact) mass is 362 g/mol. The van der Waals surface area contributed by atoms with Crippen LogP contribution in [0.2, 0.25) is 0 Å². The van der Waals surface area contributed by atoms with Gasteiger partial charge in [-0.3, -0.25) is 4.79 Å². The molecule has 0 spiro atoms. The molecule has 4 rings (SSSR count). The summed E-state index contributed by atoms with van der Waals surface area (Å²) in [6.07, 6.45) is 0. The molecule has 0 saturated heterocycles. The SMILES string of the molecule is CC1=NN(c2ccccc2)C(=O)/C1=C/Sc1nnnn1-c1ccccc1. The van der Waals surface area contributed by atoms with E-state index in [-0.39, 0.29) is 5.91 Å². The molecule has 0 N–H and O–H groups in total. The van der Waals surface area contributed by atoms with Crippen molar-refractivity contribution in [3.05, 3.63) is 71.6 Å². The van der Waals surface area contributed by atoms with Gasteiger partial charge < -0.3 is 0 Å². The molecule has 7 nitrogen and oxygen atoms in total. The summed E-state index contributed by atoms with van der Waals surface area (Å²) in [6, 6.07) is 18.9. The summed E-state index contributed by atoms with van der Waals surface area (Å²) in [5, 5.41) is 19.9. The first-order valence-electron chi connectivity index (χ1n) is 7.90. The number of carbonyl (C=O) groups excluding carboxylic acids is 1. The minimum atomic E-state index is -0.167. The Morgan fingerprint density at radius 1 is 0.962 bits per heavy atom. The van der Waals surface area contributed by atoms with E-state index in [9.17, 15) is 4.79 Å². The van der Waals surface area contributed by atoms with Crippen LogP contribution in [0.15, 0.2) is 81.9 Å². The van der Waals surface area contributed by atoms with Crippen molar-refractivity contribution in [2.24, 2.45) is 5.10 Å². The van der Waals surface area contributed by atoms with E-state index in [0.29, 0.717) is 16.4 Å². The molecule has 0 radical (unpaired) electrons. The van der Waals surface area contributed by atoms with Crippen molar-refractivity contribution in [2.45, 2.75) is 12.1 Å². The number of aromatic nitrogens is 4. The third-order valence-corrected chi connectivity index (χ3v) is 4.61. The highest BCUT2D eigenvalue weighted by Gasteiger charge is 2.28. The van der Waals surface area contributed by atoms with Crippen LogP contribution in [0, 0.1) is 0 Å². The smallest absolute Gasteiger partial charge is 0.267 e. The number of hydrogen-bond acceptors (Lipinski definition) is 6. The Morgan fingerprint density at radius 3 is 2.31 bits per heavy atom. The van der Waals surface area contributed by atoms with E-state index in [1.54, 1.807) is 10.1 Å². The number of nitrogens with zero attached hydrogens (tertiary/aromatic N) is 6. The van der Waals surface area contributed by atoms with E-state index in [2.05, 4.69) is 20.6 Å². The van der Waals surface area contributed by atoms with Gasteiger partial charge in [-0.2, -0.15) is 14.8 Å². The first-order valence-corrected chi connectivity index (χ1v) is 8.78. The minimum absolute atomic E-state index is 0.167. The van der Waals surface area contributed by atoms with Crippen LogP contribution in [0.4, 0.5) is 5.69 Å². The highest BCUT2D eigenvalue weighted by atomic mass is 32.2. The summed E-state index contributed by atoms with van der Waals surface area (Å²) in [5.41, 5.74) is 2.78. The number of thioether (sulfide) groups is 1. The molecular weight excluding hydrogens is 348 g/mol. The second-order valence-electron chi connectivity index (χ2n) is 5.50. The van der Waals surface area contributed by atoms with Crippen molar-refractivity contribution < 1.29 is 4.79 Å². The summed E-state index contributed by atoms with van der Waals surface area (Å²) < 4.78 is 1.63. The lowest BCUT2D eigenvalue weighted by Crippen LogP contribution is -2.21. The van der Waals surface area contributed by atoms with Crippen molar-refractivity contribution in [3.63, 3.8) is 0 Å². The fourth-order valence-corrected chi connectivity index (χ4v) is 3.31. The van der Waals surface area contributed by atoms with Crippen molar-refractivity contribution in [1.82, 2.24) is 20.2 Å². The lowest BCUT2D eigenvalue weighted by molar-refractivity contribution is -0.114. The summed E-state index contributed by atoms with van der Waals surface area (Å²) in [5.74, 6) is -0.167. The highest BCUT2D eigenvalue weighted by Crippen LogP contribution is 2.27. The van der Waals surface area contributed by atoms with Gasteiger partial charge >= 0.3 is 0 Å². The molecule has 128 valence electrons. The number of hydrogen-bond donors (Lipinski definition) is 0. The van der Waals surface area contributed by atoms with Crippen molar-refractivity contribution in [3.8, 4) is 5.69 Å². The molecule has 8 heteroatoms. The molecule has 0 unspecified atom stereocenters. The molecule has 0 atom stereocenters. The van der Waals surface area contributed by atoms with Crippen molar-refractivity contribution in [2.75, 3.05) is 5.01 Å². The number of amides is 1. The molecule has 1 aliphatic rings. The number of benzene rings is 2. The van der Waals surface area contributed by atoms with Gasteiger partial charge in [0, 0.05) is 0 Å². The van der Waals surface area contributed by atoms with E-state index >= 15 is 0 Å². The van der Waals surface area contributed by atoms with Gasteiger partial charge in [-0.25, -0.2) is 0 Å². The number of tetrazole rings is 1. The van der Waals surface area contributed by atoms with Crippen LogP contribution in [0.25, 0.3) is 5.69 Å². The first-order chi connectivity index (χ1) is 12.7. The van der Waals surface area contributed by atoms with Crippen LogP contribution >= 0.6 is 11.8 Å². The number of para-hydroxylation sites is 2. The molecule has 0 fully saturated rings. The number of rotatable bonds is 4. The van der Waals surface area contributed by atoms with E-state index in [4.69, 9.17) is 0 Å². The molecule has 1 aliphatic heterocycles. The van der Waals surface area contributed by atoms with Gasteiger partial charge in [-0.1, -0.05) is 48.2 Å². The second-order valence-corrected chi connectivity index (χ2v) is 6.33. The van der Waals surface area contributed by atoms with E-state index in [1.165, 1.54) is 16.8 Å². The van der Waals surface area contributed by atoms with Crippen LogP contribution in [0.1, 0.15) is 6.92 Å². The predicted molar refractivity (Wildman–Crippen MR) is 100 cm³/mol. The van der Waals surface area contributed by atoms with Gasteiger partial charge in [0.1, 0.15) is 0 Å². The molecule has 0 bridgehead atoms. The average molecular weight is 362 g/mol. The quantitative estimate of drug-likeness (QED) is 0.527. The number of anilines is 1. The summed E-state index contributed by atoms with van der Waals surface area (Å²) in [4.78, 5) is 12.7. The Balaban J connectivity index is 1.58. The van der Waals surface area contributed by atoms with Gasteiger partial charge in [0.05, 0.1) is 22.7 Å². The first kappa shape index (κ1) is 16.2. The summed E-state index contributed by atoms with van der Waals surface area (Å²) in [7, 11) is 0. The molecule has 2 heterocycles. The Kier molecular flexibility index (Phi) is 4.32. The Morgan fingerprint density at radius 2 is 1.62 bits per heavy atom. The number of hydrazone groups is 1. The molecule has 0 saturated carbocycles. The van der Waals surface area contributed by atoms with E-state index < -0.39 is 0 Å². The van der Waals surface area contributed by atoms with Gasteiger partial charge in [0.2, 0.25) is 5.16 Å². The third kappa shape index (κ3) is 3.02. The standard InChI is InChI=1S/C18H14N6OS/c1-13-16(17(25)23(20-13)14-8-4-2-5-9-14)12-26-18-19-21-22-24(18)15-10-6-3-7-11-15/h2-12H,1H3/b16-12+. The molecule has 26 heavy (non-hydrogen) atoms. The molecular formula is C18H14N6OS. The average Bonchev–Trinajstić information content (AvgIpc) is 3.26. The van der Waals surface area contributed by atoms with Gasteiger partial charge in [0.15, 0.2) is 0 Å². The lowest BCUT2D eigenvalue weighted by atomic mass is 10.2. The minimum Gasteiger partial charge on any atom is -0.267 e. The predicted octanol–water partition coefficient (Wildman–Crippen LogP) is 3.06.